The number of benzene rings is 2. The van der Waals surface area contributed by atoms with Gasteiger partial charge in [0.25, 0.3) is 5.91 Å². The standard InChI is InChI=1S/C30H30N6O/c1-19-20(2)29(22-6-8-23(9-7-22)30(37)34-17-18-36(3)4)35-26-12-11-25(32)28(27(19)26)24(31)10-5-21-13-15-33-16-14-21/h6-9,11-16,31H,17-18,32H2,1-4H3,(H,34,37). The molecule has 7 nitrogen and oxygen atoms in total. The molecule has 186 valence electrons. The lowest BCUT2D eigenvalue weighted by molar-refractivity contribution is 0.0951. The highest BCUT2D eigenvalue weighted by molar-refractivity contribution is 6.21. The first-order valence-corrected chi connectivity index (χ1v) is 12.0. The van der Waals surface area contributed by atoms with Crippen LogP contribution in [0.1, 0.15) is 32.6 Å². The highest BCUT2D eigenvalue weighted by Crippen LogP contribution is 2.33. The summed E-state index contributed by atoms with van der Waals surface area (Å²) in [5, 5.41) is 12.4. The van der Waals surface area contributed by atoms with Crippen LogP contribution in [0, 0.1) is 31.1 Å². The van der Waals surface area contributed by atoms with Gasteiger partial charge in [0.2, 0.25) is 0 Å². The summed E-state index contributed by atoms with van der Waals surface area (Å²) in [6, 6.07) is 14.7. The van der Waals surface area contributed by atoms with Crippen molar-refractivity contribution >= 4 is 28.2 Å². The molecule has 0 fully saturated rings. The fraction of sp³-hybridized carbons (Fsp3) is 0.200. The van der Waals surface area contributed by atoms with Gasteiger partial charge in [0.1, 0.15) is 5.71 Å². The summed E-state index contributed by atoms with van der Waals surface area (Å²) in [7, 11) is 3.94. The molecule has 0 spiro atoms. The maximum absolute atomic E-state index is 12.5. The van der Waals surface area contributed by atoms with E-state index < -0.39 is 0 Å². The lowest BCUT2D eigenvalue weighted by Gasteiger charge is -2.16. The van der Waals surface area contributed by atoms with Crippen LogP contribution in [0.3, 0.4) is 0 Å². The summed E-state index contributed by atoms with van der Waals surface area (Å²) >= 11 is 0. The van der Waals surface area contributed by atoms with E-state index in [4.69, 9.17) is 16.1 Å². The molecule has 4 aromatic rings. The number of nitrogens with two attached hydrogens (primary N) is 1. The number of nitrogen functional groups attached to an aromatic ring is 1. The molecule has 0 atom stereocenters. The number of amides is 1. The van der Waals surface area contributed by atoms with Gasteiger partial charge in [0, 0.05) is 58.8 Å². The molecular weight excluding hydrogens is 460 g/mol. The van der Waals surface area contributed by atoms with E-state index >= 15 is 0 Å². The van der Waals surface area contributed by atoms with Gasteiger partial charge in [0.05, 0.1) is 11.2 Å². The molecule has 0 saturated carbocycles. The number of rotatable bonds is 6. The lowest BCUT2D eigenvalue weighted by Crippen LogP contribution is -2.31. The number of hydrogen-bond donors (Lipinski definition) is 3. The third kappa shape index (κ3) is 5.66. The second-order valence-electron chi connectivity index (χ2n) is 9.13. The second-order valence-corrected chi connectivity index (χ2v) is 9.13. The molecule has 0 bridgehead atoms. The van der Waals surface area contributed by atoms with Gasteiger partial charge in [-0.05, 0) is 81.4 Å². The fourth-order valence-corrected chi connectivity index (χ4v) is 4.11. The minimum Gasteiger partial charge on any atom is -0.398 e. The molecule has 7 heteroatoms. The molecule has 37 heavy (non-hydrogen) atoms. The van der Waals surface area contributed by atoms with Gasteiger partial charge in [-0.25, -0.2) is 4.98 Å². The first-order chi connectivity index (χ1) is 17.8. The van der Waals surface area contributed by atoms with Crippen molar-refractivity contribution in [3.05, 3.63) is 88.7 Å². The molecule has 0 aliphatic carbocycles. The Labute approximate surface area is 217 Å². The van der Waals surface area contributed by atoms with Crippen LogP contribution >= 0.6 is 0 Å². The van der Waals surface area contributed by atoms with Crippen LogP contribution in [0.25, 0.3) is 22.2 Å². The number of anilines is 1. The van der Waals surface area contributed by atoms with E-state index in [2.05, 4.69) is 22.1 Å². The number of likely N-dealkylation sites (N-methyl/N-ethyl adjacent to an activating group) is 1. The number of nitrogens with one attached hydrogen (secondary N) is 2. The number of carbonyl (C=O) groups is 1. The lowest BCUT2D eigenvalue weighted by atomic mass is 9.93. The zero-order valence-electron chi connectivity index (χ0n) is 21.5. The zero-order valence-corrected chi connectivity index (χ0v) is 21.5. The van der Waals surface area contributed by atoms with Crippen LogP contribution in [0.2, 0.25) is 0 Å². The Balaban J connectivity index is 1.68. The minimum absolute atomic E-state index is 0.0979. The maximum atomic E-state index is 12.5. The van der Waals surface area contributed by atoms with Crippen molar-refractivity contribution in [1.29, 1.82) is 5.41 Å². The van der Waals surface area contributed by atoms with Crippen molar-refractivity contribution in [2.24, 2.45) is 0 Å². The largest absolute Gasteiger partial charge is 0.398 e. The number of aromatic nitrogens is 2. The van der Waals surface area contributed by atoms with E-state index in [1.54, 1.807) is 30.6 Å². The third-order valence-electron chi connectivity index (χ3n) is 6.27. The quantitative estimate of drug-likeness (QED) is 0.213. The first kappa shape index (κ1) is 25.5. The van der Waals surface area contributed by atoms with Gasteiger partial charge in [-0.3, -0.25) is 15.2 Å². The number of hydrogen-bond acceptors (Lipinski definition) is 6. The van der Waals surface area contributed by atoms with E-state index in [0.29, 0.717) is 23.4 Å². The molecule has 0 saturated heterocycles. The van der Waals surface area contributed by atoms with Crippen LogP contribution in [0.15, 0.2) is 60.9 Å². The molecule has 0 unspecified atom stereocenters. The fourth-order valence-electron chi connectivity index (χ4n) is 4.11. The number of pyridine rings is 2. The summed E-state index contributed by atoms with van der Waals surface area (Å²) in [5.41, 5.74) is 13.4. The Hall–Kier alpha value is -4.54. The van der Waals surface area contributed by atoms with Crippen LogP contribution in [-0.4, -0.2) is 53.7 Å². The van der Waals surface area contributed by atoms with Crippen molar-refractivity contribution < 1.29 is 4.79 Å². The molecule has 4 N–H and O–H groups in total. The molecule has 2 heterocycles. The normalized spacial score (nSPS) is 10.7. The van der Waals surface area contributed by atoms with Gasteiger partial charge in [-0.2, -0.15) is 0 Å². The Bertz CT molecular complexity index is 1530. The predicted octanol–water partition coefficient (Wildman–Crippen LogP) is 4.21. The topological polar surface area (TPSA) is 108 Å². The van der Waals surface area contributed by atoms with Crippen LogP contribution in [-0.2, 0) is 0 Å². The Kier molecular flexibility index (Phi) is 7.61. The van der Waals surface area contributed by atoms with Crippen molar-refractivity contribution in [2.75, 3.05) is 32.9 Å². The van der Waals surface area contributed by atoms with Gasteiger partial charge in [-0.1, -0.05) is 18.1 Å². The smallest absolute Gasteiger partial charge is 0.251 e. The van der Waals surface area contributed by atoms with E-state index in [0.717, 1.165) is 45.4 Å². The number of fused-ring (bicyclic) bond motifs is 1. The molecule has 4 rings (SSSR count). The molecule has 0 aliphatic heterocycles. The molecular formula is C30H30N6O. The molecule has 2 aromatic heterocycles. The highest BCUT2D eigenvalue weighted by Gasteiger charge is 2.17. The number of carbonyl (C=O) groups excluding carboxylic acids is 1. The van der Waals surface area contributed by atoms with Gasteiger partial charge in [-0.15, -0.1) is 0 Å². The average molecular weight is 491 g/mol. The second kappa shape index (κ2) is 11.0. The zero-order chi connectivity index (χ0) is 26.5. The highest BCUT2D eigenvalue weighted by atomic mass is 16.1. The van der Waals surface area contributed by atoms with E-state index in [1.165, 1.54) is 0 Å². The summed E-state index contributed by atoms with van der Waals surface area (Å²) in [5.74, 6) is 5.85. The molecule has 0 radical (unpaired) electrons. The monoisotopic (exact) mass is 490 g/mol. The van der Waals surface area contributed by atoms with Crippen molar-refractivity contribution in [3.63, 3.8) is 0 Å². The molecule has 0 aliphatic rings. The predicted molar refractivity (Wildman–Crippen MR) is 150 cm³/mol. The van der Waals surface area contributed by atoms with E-state index in [9.17, 15) is 4.79 Å². The third-order valence-corrected chi connectivity index (χ3v) is 6.27. The first-order valence-electron chi connectivity index (χ1n) is 12.0. The maximum Gasteiger partial charge on any atom is 0.251 e. The summed E-state index contributed by atoms with van der Waals surface area (Å²) in [6.45, 7) is 5.40. The van der Waals surface area contributed by atoms with Crippen molar-refractivity contribution in [2.45, 2.75) is 13.8 Å². The molecule has 2 aromatic carbocycles. The number of nitrogens with zero attached hydrogens (tertiary/aromatic N) is 3. The summed E-state index contributed by atoms with van der Waals surface area (Å²) in [4.78, 5) is 23.4. The van der Waals surface area contributed by atoms with E-state index in [-0.39, 0.29) is 11.6 Å². The average Bonchev–Trinajstić information content (AvgIpc) is 2.90. The SMILES string of the molecule is Cc1c(-c2ccc(C(=O)NCCN(C)C)cc2)nc2ccc(N)c(C(=N)C#Cc3ccncc3)c2c1C. The minimum atomic E-state index is -0.0979. The molecule has 1 amide bonds. The Morgan fingerprint density at radius 3 is 2.41 bits per heavy atom. The van der Waals surface area contributed by atoms with Crippen LogP contribution < -0.4 is 11.1 Å². The van der Waals surface area contributed by atoms with E-state index in [1.807, 2.05) is 63.2 Å². The summed E-state index contributed by atoms with van der Waals surface area (Å²) in [6.07, 6.45) is 3.34. The van der Waals surface area contributed by atoms with Gasteiger partial charge >= 0.3 is 0 Å². The Morgan fingerprint density at radius 2 is 1.73 bits per heavy atom. The Morgan fingerprint density at radius 1 is 1.03 bits per heavy atom. The van der Waals surface area contributed by atoms with Crippen molar-refractivity contribution in [1.82, 2.24) is 20.2 Å². The summed E-state index contributed by atoms with van der Waals surface area (Å²) < 4.78 is 0. The van der Waals surface area contributed by atoms with Gasteiger partial charge in [0.15, 0.2) is 0 Å². The number of aryl methyl sites for hydroxylation is 1. The van der Waals surface area contributed by atoms with Crippen LogP contribution in [0.5, 0.6) is 0 Å². The van der Waals surface area contributed by atoms with Crippen molar-refractivity contribution in [3.8, 4) is 23.1 Å². The van der Waals surface area contributed by atoms with Gasteiger partial charge < -0.3 is 16.0 Å². The van der Waals surface area contributed by atoms with Crippen LogP contribution in [0.4, 0.5) is 5.69 Å².